The van der Waals surface area contributed by atoms with Crippen LogP contribution in [0.4, 0.5) is 5.69 Å². The summed E-state index contributed by atoms with van der Waals surface area (Å²) in [6, 6.07) is 6.10. The molecule has 3 N–H and O–H groups in total. The lowest BCUT2D eigenvalue weighted by atomic mass is 10.1. The standard InChI is InChI=1S/C18H23N3O4S/c1-26(24,25)21-14-10-6-9-13-16(22)11-15(20-17(13)14)18(23)19-12-7-4-2-3-5-8-12/h6,9-12,21H,2-5,7-8H2,1H3,(H,19,23)(H,20,22). The zero-order valence-electron chi connectivity index (χ0n) is 14.7. The number of hydrogen-bond acceptors (Lipinski definition) is 4. The predicted octanol–water partition coefficient (Wildman–Crippen LogP) is 2.35. The van der Waals surface area contributed by atoms with Gasteiger partial charge < -0.3 is 10.3 Å². The molecule has 26 heavy (non-hydrogen) atoms. The molecule has 1 aliphatic carbocycles. The summed E-state index contributed by atoms with van der Waals surface area (Å²) in [7, 11) is -3.51. The molecule has 7 nitrogen and oxygen atoms in total. The van der Waals surface area contributed by atoms with Crippen LogP contribution in [0.2, 0.25) is 0 Å². The lowest BCUT2D eigenvalue weighted by molar-refractivity contribution is 0.0928. The summed E-state index contributed by atoms with van der Waals surface area (Å²) >= 11 is 0. The normalized spacial score (nSPS) is 16.2. The Kier molecular flexibility index (Phi) is 5.31. The van der Waals surface area contributed by atoms with Gasteiger partial charge in [-0.3, -0.25) is 14.3 Å². The number of rotatable bonds is 4. The molecule has 0 bridgehead atoms. The molecule has 0 aliphatic heterocycles. The molecule has 0 spiro atoms. The molecule has 1 aromatic carbocycles. The lowest BCUT2D eigenvalue weighted by Crippen LogP contribution is -2.35. The third kappa shape index (κ3) is 4.43. The first-order valence-corrected chi connectivity index (χ1v) is 10.7. The highest BCUT2D eigenvalue weighted by molar-refractivity contribution is 7.92. The van der Waals surface area contributed by atoms with Crippen molar-refractivity contribution >= 4 is 32.5 Å². The van der Waals surface area contributed by atoms with Gasteiger partial charge in [-0.1, -0.05) is 31.7 Å². The molecule has 8 heteroatoms. The van der Waals surface area contributed by atoms with E-state index in [-0.39, 0.29) is 28.8 Å². The van der Waals surface area contributed by atoms with E-state index in [2.05, 4.69) is 15.0 Å². The van der Waals surface area contributed by atoms with Gasteiger partial charge in [0.2, 0.25) is 10.0 Å². The summed E-state index contributed by atoms with van der Waals surface area (Å²) in [4.78, 5) is 27.9. The largest absolute Gasteiger partial charge is 0.349 e. The first-order chi connectivity index (χ1) is 12.3. The van der Waals surface area contributed by atoms with Gasteiger partial charge >= 0.3 is 0 Å². The van der Waals surface area contributed by atoms with Gasteiger partial charge in [-0.05, 0) is 25.0 Å². The van der Waals surface area contributed by atoms with Crippen LogP contribution in [0.25, 0.3) is 10.9 Å². The molecular weight excluding hydrogens is 354 g/mol. The third-order valence-corrected chi connectivity index (χ3v) is 5.19. The average Bonchev–Trinajstić information content (AvgIpc) is 2.82. The van der Waals surface area contributed by atoms with Crippen molar-refractivity contribution in [3.63, 3.8) is 0 Å². The first-order valence-electron chi connectivity index (χ1n) is 8.78. The fourth-order valence-electron chi connectivity index (χ4n) is 3.37. The minimum Gasteiger partial charge on any atom is -0.349 e. The smallest absolute Gasteiger partial charge is 0.268 e. The summed E-state index contributed by atoms with van der Waals surface area (Å²) in [6.45, 7) is 0. The third-order valence-electron chi connectivity index (χ3n) is 4.60. The maximum absolute atomic E-state index is 12.6. The second-order valence-electron chi connectivity index (χ2n) is 6.81. The number of amides is 1. The summed E-state index contributed by atoms with van der Waals surface area (Å²) in [5.74, 6) is -0.343. The topological polar surface area (TPSA) is 108 Å². The van der Waals surface area contributed by atoms with Crippen LogP contribution in [0.5, 0.6) is 0 Å². The van der Waals surface area contributed by atoms with Crippen molar-refractivity contribution in [2.75, 3.05) is 11.0 Å². The van der Waals surface area contributed by atoms with Gasteiger partial charge in [-0.15, -0.1) is 0 Å². The Hall–Kier alpha value is -2.35. The van der Waals surface area contributed by atoms with E-state index in [1.54, 1.807) is 18.2 Å². The highest BCUT2D eigenvalue weighted by Crippen LogP contribution is 2.21. The summed E-state index contributed by atoms with van der Waals surface area (Å²) in [5, 5.41) is 3.31. The molecule has 0 radical (unpaired) electrons. The number of sulfonamides is 1. The monoisotopic (exact) mass is 377 g/mol. The quantitative estimate of drug-likeness (QED) is 0.711. The Morgan fingerprint density at radius 3 is 2.50 bits per heavy atom. The van der Waals surface area contributed by atoms with E-state index < -0.39 is 10.0 Å². The SMILES string of the molecule is CS(=O)(=O)Nc1cccc2c(=O)cc(C(=O)NC3CCCCCC3)[nH]c12. The van der Waals surface area contributed by atoms with Crippen LogP contribution >= 0.6 is 0 Å². The van der Waals surface area contributed by atoms with E-state index in [4.69, 9.17) is 0 Å². The second kappa shape index (κ2) is 7.49. The maximum Gasteiger partial charge on any atom is 0.268 e. The fraction of sp³-hybridized carbons (Fsp3) is 0.444. The molecule has 140 valence electrons. The van der Waals surface area contributed by atoms with Crippen molar-refractivity contribution in [1.29, 1.82) is 0 Å². The highest BCUT2D eigenvalue weighted by Gasteiger charge is 2.18. The summed E-state index contributed by atoms with van der Waals surface area (Å²) < 4.78 is 25.5. The van der Waals surface area contributed by atoms with Crippen LogP contribution in [0.3, 0.4) is 0 Å². The number of nitrogens with one attached hydrogen (secondary N) is 3. The zero-order valence-corrected chi connectivity index (χ0v) is 15.5. The van der Waals surface area contributed by atoms with Gasteiger partial charge in [0.25, 0.3) is 5.91 Å². The van der Waals surface area contributed by atoms with Crippen LogP contribution < -0.4 is 15.5 Å². The van der Waals surface area contributed by atoms with Gasteiger partial charge in [0.15, 0.2) is 5.43 Å². The number of aromatic amines is 1. The van der Waals surface area contributed by atoms with E-state index in [0.717, 1.165) is 31.9 Å². The fourth-order valence-corrected chi connectivity index (χ4v) is 3.94. The lowest BCUT2D eigenvalue weighted by Gasteiger charge is -2.16. The molecule has 1 aromatic heterocycles. The number of para-hydroxylation sites is 1. The van der Waals surface area contributed by atoms with E-state index in [0.29, 0.717) is 10.9 Å². The van der Waals surface area contributed by atoms with Crippen molar-refractivity contribution in [3.8, 4) is 0 Å². The number of benzene rings is 1. The van der Waals surface area contributed by atoms with E-state index in [1.807, 2.05) is 0 Å². The molecule has 3 rings (SSSR count). The van der Waals surface area contributed by atoms with E-state index >= 15 is 0 Å². The second-order valence-corrected chi connectivity index (χ2v) is 8.56. The summed E-state index contributed by atoms with van der Waals surface area (Å²) in [6.07, 6.45) is 7.43. The molecule has 1 saturated carbocycles. The Labute approximate surface area is 152 Å². The van der Waals surface area contributed by atoms with Crippen molar-refractivity contribution in [3.05, 3.63) is 40.2 Å². The zero-order chi connectivity index (χ0) is 18.7. The molecule has 0 unspecified atom stereocenters. The number of fused-ring (bicyclic) bond motifs is 1. The Bertz CT molecular complexity index is 974. The minimum absolute atomic E-state index is 0.105. The van der Waals surface area contributed by atoms with Gasteiger partial charge in [0, 0.05) is 17.5 Å². The van der Waals surface area contributed by atoms with Crippen LogP contribution in [-0.2, 0) is 10.0 Å². The number of H-pyrrole nitrogens is 1. The highest BCUT2D eigenvalue weighted by atomic mass is 32.2. The van der Waals surface area contributed by atoms with Crippen LogP contribution in [0.15, 0.2) is 29.1 Å². The van der Waals surface area contributed by atoms with E-state index in [1.165, 1.54) is 18.9 Å². The van der Waals surface area contributed by atoms with Crippen molar-refractivity contribution in [1.82, 2.24) is 10.3 Å². The maximum atomic E-state index is 12.6. The molecule has 2 aromatic rings. The number of pyridine rings is 1. The number of carbonyl (C=O) groups is 1. The Balaban J connectivity index is 1.94. The van der Waals surface area contributed by atoms with Crippen molar-refractivity contribution < 1.29 is 13.2 Å². The first kappa shape index (κ1) is 18.4. The van der Waals surface area contributed by atoms with Gasteiger partial charge in [-0.25, -0.2) is 8.42 Å². The average molecular weight is 377 g/mol. The molecule has 0 saturated heterocycles. The van der Waals surface area contributed by atoms with Crippen LogP contribution in [0, 0.1) is 0 Å². The van der Waals surface area contributed by atoms with Crippen molar-refractivity contribution in [2.45, 2.75) is 44.6 Å². The van der Waals surface area contributed by atoms with Crippen molar-refractivity contribution in [2.24, 2.45) is 0 Å². The van der Waals surface area contributed by atoms with Crippen LogP contribution in [-0.4, -0.2) is 31.6 Å². The van der Waals surface area contributed by atoms with Crippen LogP contribution in [0.1, 0.15) is 49.0 Å². The Morgan fingerprint density at radius 1 is 1.15 bits per heavy atom. The Morgan fingerprint density at radius 2 is 1.85 bits per heavy atom. The number of anilines is 1. The molecule has 1 amide bonds. The predicted molar refractivity (Wildman–Crippen MR) is 102 cm³/mol. The molecule has 0 atom stereocenters. The molecular formula is C18H23N3O4S. The van der Waals surface area contributed by atoms with E-state index in [9.17, 15) is 18.0 Å². The number of aromatic nitrogens is 1. The van der Waals surface area contributed by atoms with Gasteiger partial charge in [0.05, 0.1) is 17.5 Å². The summed E-state index contributed by atoms with van der Waals surface area (Å²) in [5.41, 5.74) is 0.346. The molecule has 1 heterocycles. The molecule has 1 aliphatic rings. The van der Waals surface area contributed by atoms with Gasteiger partial charge in [-0.2, -0.15) is 0 Å². The molecule has 1 fully saturated rings. The minimum atomic E-state index is -3.51. The number of hydrogen-bond donors (Lipinski definition) is 3. The number of carbonyl (C=O) groups excluding carboxylic acids is 1. The van der Waals surface area contributed by atoms with Gasteiger partial charge in [0.1, 0.15) is 5.69 Å².